The quantitative estimate of drug-likeness (QED) is 0.724. The molecule has 3 nitrogen and oxygen atoms in total. The van der Waals surface area contributed by atoms with Crippen molar-refractivity contribution in [2.24, 2.45) is 5.92 Å². The zero-order chi connectivity index (χ0) is 9.97. The molecule has 1 atom stereocenters. The van der Waals surface area contributed by atoms with Crippen molar-refractivity contribution in [3.05, 3.63) is 18.6 Å². The molecule has 0 spiro atoms. The molecule has 1 aliphatic rings. The third-order valence-electron chi connectivity index (χ3n) is 2.45. The molecule has 0 N–H and O–H groups in total. The van der Waals surface area contributed by atoms with Crippen LogP contribution in [0.15, 0.2) is 18.6 Å². The molecule has 5 heteroatoms. The lowest BCUT2D eigenvalue weighted by molar-refractivity contribution is 0.0880. The van der Waals surface area contributed by atoms with Gasteiger partial charge in [-0.15, -0.1) is 0 Å². The van der Waals surface area contributed by atoms with Gasteiger partial charge in [-0.25, -0.2) is 13.8 Å². The molecule has 1 aromatic heterocycles. The van der Waals surface area contributed by atoms with E-state index in [2.05, 4.69) is 9.97 Å². The Morgan fingerprint density at radius 2 is 2.29 bits per heavy atom. The van der Waals surface area contributed by atoms with Crippen LogP contribution >= 0.6 is 0 Å². The van der Waals surface area contributed by atoms with Crippen LogP contribution in [0.2, 0.25) is 0 Å². The smallest absolute Gasteiger partial charge is 0.243 e. The second-order valence-corrected chi connectivity index (χ2v) is 3.39. The second-order valence-electron chi connectivity index (χ2n) is 3.39. The summed E-state index contributed by atoms with van der Waals surface area (Å²) in [6, 6.07) is 0. The van der Waals surface area contributed by atoms with Crippen LogP contribution in [0.25, 0.3) is 0 Å². The minimum Gasteiger partial charge on any atom is -0.355 e. The average molecular weight is 199 g/mol. The summed E-state index contributed by atoms with van der Waals surface area (Å²) in [5.41, 5.74) is 0. The van der Waals surface area contributed by atoms with Crippen LogP contribution in [0.1, 0.15) is 6.42 Å². The van der Waals surface area contributed by atoms with Gasteiger partial charge in [-0.3, -0.25) is 4.98 Å². The Hall–Kier alpha value is -1.26. The molecule has 1 unspecified atom stereocenters. The molecule has 0 saturated carbocycles. The van der Waals surface area contributed by atoms with Crippen LogP contribution in [0.4, 0.5) is 14.6 Å². The van der Waals surface area contributed by atoms with E-state index in [4.69, 9.17) is 0 Å². The van der Waals surface area contributed by atoms with Crippen LogP contribution in [0.5, 0.6) is 0 Å². The van der Waals surface area contributed by atoms with Crippen LogP contribution in [-0.2, 0) is 0 Å². The predicted molar refractivity (Wildman–Crippen MR) is 48.4 cm³/mol. The number of hydrogen-bond acceptors (Lipinski definition) is 3. The largest absolute Gasteiger partial charge is 0.355 e. The van der Waals surface area contributed by atoms with E-state index >= 15 is 0 Å². The molecular weight excluding hydrogens is 188 g/mol. The Morgan fingerprint density at radius 3 is 2.86 bits per heavy atom. The summed E-state index contributed by atoms with van der Waals surface area (Å²) in [4.78, 5) is 9.83. The highest BCUT2D eigenvalue weighted by molar-refractivity contribution is 5.36. The highest BCUT2D eigenvalue weighted by Gasteiger charge is 2.29. The average Bonchev–Trinajstić information content (AvgIpc) is 2.68. The van der Waals surface area contributed by atoms with E-state index in [1.807, 2.05) is 4.90 Å². The minimum absolute atomic E-state index is 0.385. The fraction of sp³-hybridized carbons (Fsp3) is 0.556. The third kappa shape index (κ3) is 1.81. The van der Waals surface area contributed by atoms with E-state index in [-0.39, 0.29) is 0 Å². The fourth-order valence-corrected chi connectivity index (χ4v) is 1.66. The van der Waals surface area contributed by atoms with Gasteiger partial charge in [0.2, 0.25) is 6.43 Å². The molecule has 14 heavy (non-hydrogen) atoms. The van der Waals surface area contributed by atoms with Gasteiger partial charge in [0, 0.05) is 31.4 Å². The van der Waals surface area contributed by atoms with Gasteiger partial charge in [0.25, 0.3) is 0 Å². The molecule has 76 valence electrons. The van der Waals surface area contributed by atoms with E-state index in [1.54, 1.807) is 18.6 Å². The van der Waals surface area contributed by atoms with E-state index < -0.39 is 12.3 Å². The highest BCUT2D eigenvalue weighted by Crippen LogP contribution is 2.25. The molecule has 0 radical (unpaired) electrons. The van der Waals surface area contributed by atoms with E-state index in [0.29, 0.717) is 25.3 Å². The molecule has 1 aromatic rings. The van der Waals surface area contributed by atoms with Crippen molar-refractivity contribution in [1.29, 1.82) is 0 Å². The Morgan fingerprint density at radius 1 is 1.43 bits per heavy atom. The maximum absolute atomic E-state index is 12.4. The Kier molecular flexibility index (Phi) is 2.56. The SMILES string of the molecule is FC(F)C1CCN(c2cnccn2)C1. The first-order chi connectivity index (χ1) is 6.77. The molecule has 0 bridgehead atoms. The van der Waals surface area contributed by atoms with Crippen molar-refractivity contribution >= 4 is 5.82 Å². The van der Waals surface area contributed by atoms with Crippen molar-refractivity contribution in [2.75, 3.05) is 18.0 Å². The summed E-state index contributed by atoms with van der Waals surface area (Å²) in [6.45, 7) is 1.03. The fourth-order valence-electron chi connectivity index (χ4n) is 1.66. The number of nitrogens with zero attached hydrogens (tertiary/aromatic N) is 3. The van der Waals surface area contributed by atoms with E-state index in [0.717, 1.165) is 0 Å². The zero-order valence-electron chi connectivity index (χ0n) is 7.61. The minimum atomic E-state index is -2.23. The Labute approximate surface area is 80.8 Å². The molecule has 0 aliphatic carbocycles. The summed E-state index contributed by atoms with van der Waals surface area (Å²) < 4.78 is 24.7. The van der Waals surface area contributed by atoms with E-state index in [1.165, 1.54) is 0 Å². The van der Waals surface area contributed by atoms with Gasteiger partial charge in [0.05, 0.1) is 6.20 Å². The number of anilines is 1. The van der Waals surface area contributed by atoms with Crippen molar-refractivity contribution in [3.63, 3.8) is 0 Å². The molecule has 0 aromatic carbocycles. The number of aromatic nitrogens is 2. The highest BCUT2D eigenvalue weighted by atomic mass is 19.3. The maximum atomic E-state index is 12.4. The van der Waals surface area contributed by atoms with Crippen LogP contribution in [0, 0.1) is 5.92 Å². The van der Waals surface area contributed by atoms with Crippen LogP contribution < -0.4 is 4.90 Å². The van der Waals surface area contributed by atoms with Crippen molar-refractivity contribution < 1.29 is 8.78 Å². The van der Waals surface area contributed by atoms with Crippen LogP contribution in [0.3, 0.4) is 0 Å². The Bertz CT molecular complexity index is 291. The van der Waals surface area contributed by atoms with E-state index in [9.17, 15) is 8.78 Å². The number of hydrogen-bond donors (Lipinski definition) is 0. The second kappa shape index (κ2) is 3.86. The van der Waals surface area contributed by atoms with Gasteiger partial charge in [-0.1, -0.05) is 0 Å². The summed E-state index contributed by atoms with van der Waals surface area (Å²) in [6.07, 6.45) is 3.06. The monoisotopic (exact) mass is 199 g/mol. The lowest BCUT2D eigenvalue weighted by Crippen LogP contribution is -2.22. The van der Waals surface area contributed by atoms with Gasteiger partial charge in [-0.05, 0) is 6.42 Å². The molecule has 0 amide bonds. The molecule has 1 saturated heterocycles. The third-order valence-corrected chi connectivity index (χ3v) is 2.45. The summed E-state index contributed by atoms with van der Waals surface area (Å²) in [5.74, 6) is 0.174. The topological polar surface area (TPSA) is 29.0 Å². The van der Waals surface area contributed by atoms with Gasteiger partial charge >= 0.3 is 0 Å². The molecule has 2 rings (SSSR count). The summed E-state index contributed by atoms with van der Waals surface area (Å²) >= 11 is 0. The lowest BCUT2D eigenvalue weighted by Gasteiger charge is -2.16. The molecule has 2 heterocycles. The summed E-state index contributed by atoms with van der Waals surface area (Å²) in [5, 5.41) is 0. The molecule has 1 fully saturated rings. The van der Waals surface area contributed by atoms with Gasteiger partial charge in [0.15, 0.2) is 0 Å². The van der Waals surface area contributed by atoms with Crippen molar-refractivity contribution in [3.8, 4) is 0 Å². The first-order valence-corrected chi connectivity index (χ1v) is 4.56. The lowest BCUT2D eigenvalue weighted by atomic mass is 10.1. The molecular formula is C9H11F2N3. The number of alkyl halides is 2. The first kappa shape index (κ1) is 9.30. The van der Waals surface area contributed by atoms with Gasteiger partial charge in [-0.2, -0.15) is 0 Å². The standard InChI is InChI=1S/C9H11F2N3/c10-9(11)7-1-4-14(6-7)8-5-12-2-3-13-8/h2-3,5,7,9H,1,4,6H2. The predicted octanol–water partition coefficient (Wildman–Crippen LogP) is 1.57. The van der Waals surface area contributed by atoms with Crippen molar-refractivity contribution in [2.45, 2.75) is 12.8 Å². The number of halogens is 2. The molecule has 1 aliphatic heterocycles. The van der Waals surface area contributed by atoms with Crippen molar-refractivity contribution in [1.82, 2.24) is 9.97 Å². The zero-order valence-corrected chi connectivity index (χ0v) is 7.61. The summed E-state index contributed by atoms with van der Waals surface area (Å²) in [7, 11) is 0. The van der Waals surface area contributed by atoms with Crippen LogP contribution in [-0.4, -0.2) is 29.5 Å². The maximum Gasteiger partial charge on any atom is 0.243 e. The first-order valence-electron chi connectivity index (χ1n) is 4.56. The van der Waals surface area contributed by atoms with Gasteiger partial charge in [0.1, 0.15) is 5.82 Å². The Balaban J connectivity index is 2.03. The number of rotatable bonds is 2. The van der Waals surface area contributed by atoms with Gasteiger partial charge < -0.3 is 4.90 Å². The normalized spacial score (nSPS) is 21.9.